The van der Waals surface area contributed by atoms with Crippen molar-refractivity contribution in [1.29, 1.82) is 0 Å². The van der Waals surface area contributed by atoms with Gasteiger partial charge < -0.3 is 32.3 Å². The highest BCUT2D eigenvalue weighted by atomic mass is 16.4. The predicted molar refractivity (Wildman–Crippen MR) is 109 cm³/mol. The number of rotatable bonds is 14. The minimum absolute atomic E-state index is 0.172. The summed E-state index contributed by atoms with van der Waals surface area (Å²) in [5.74, 6) is -3.76. The molecule has 1 aromatic carbocycles. The fraction of sp³-hybridized carbons (Fsp3) is 0.500. The van der Waals surface area contributed by atoms with E-state index in [1.165, 1.54) is 0 Å². The fourth-order valence-corrected chi connectivity index (χ4v) is 2.80. The van der Waals surface area contributed by atoms with Crippen LogP contribution in [0, 0.1) is 0 Å². The number of aliphatic carboxylic acids is 2. The van der Waals surface area contributed by atoms with Gasteiger partial charge in [-0.2, -0.15) is 0 Å². The van der Waals surface area contributed by atoms with Crippen molar-refractivity contribution in [2.24, 2.45) is 11.5 Å². The first-order chi connectivity index (χ1) is 14.2. The summed E-state index contributed by atoms with van der Waals surface area (Å²) in [4.78, 5) is 47.3. The number of hydrogen-bond donors (Lipinski definition) is 6. The molecular formula is C20H30N4O6. The lowest BCUT2D eigenvalue weighted by atomic mass is 10.0. The third-order valence-electron chi connectivity index (χ3n) is 4.48. The molecule has 166 valence electrons. The first-order valence-corrected chi connectivity index (χ1v) is 9.79. The van der Waals surface area contributed by atoms with Gasteiger partial charge in [0.1, 0.15) is 12.1 Å². The molecule has 10 nitrogen and oxygen atoms in total. The third kappa shape index (κ3) is 9.48. The van der Waals surface area contributed by atoms with Gasteiger partial charge in [-0.05, 0) is 44.2 Å². The number of carbonyl (C=O) groups excluding carboxylic acids is 2. The molecule has 0 saturated heterocycles. The van der Waals surface area contributed by atoms with E-state index in [1.807, 2.05) is 6.07 Å². The molecule has 3 atom stereocenters. The van der Waals surface area contributed by atoms with E-state index in [1.54, 1.807) is 24.3 Å². The zero-order chi connectivity index (χ0) is 22.5. The molecule has 10 heteroatoms. The van der Waals surface area contributed by atoms with Crippen molar-refractivity contribution in [3.63, 3.8) is 0 Å². The Hall–Kier alpha value is -2.98. The van der Waals surface area contributed by atoms with E-state index in [-0.39, 0.29) is 25.7 Å². The lowest BCUT2D eigenvalue weighted by molar-refractivity contribution is -0.143. The highest BCUT2D eigenvalue weighted by molar-refractivity contribution is 5.92. The van der Waals surface area contributed by atoms with Gasteiger partial charge in [0.2, 0.25) is 11.8 Å². The quantitative estimate of drug-likeness (QED) is 0.219. The summed E-state index contributed by atoms with van der Waals surface area (Å²) in [6.45, 7) is 0.400. The molecule has 0 heterocycles. The average molecular weight is 422 g/mol. The van der Waals surface area contributed by atoms with E-state index in [0.29, 0.717) is 19.4 Å². The average Bonchev–Trinajstić information content (AvgIpc) is 2.70. The summed E-state index contributed by atoms with van der Waals surface area (Å²) >= 11 is 0. The molecule has 0 aliphatic carbocycles. The molecule has 0 spiro atoms. The number of hydrogen-bond acceptors (Lipinski definition) is 6. The maximum absolute atomic E-state index is 12.6. The number of nitrogens with one attached hydrogen (secondary N) is 2. The molecule has 0 bridgehead atoms. The number of carboxylic acids is 2. The molecular weight excluding hydrogens is 392 g/mol. The van der Waals surface area contributed by atoms with Crippen LogP contribution in [0.3, 0.4) is 0 Å². The maximum Gasteiger partial charge on any atom is 0.326 e. The van der Waals surface area contributed by atoms with E-state index in [0.717, 1.165) is 5.56 Å². The first kappa shape index (κ1) is 25.1. The van der Waals surface area contributed by atoms with Crippen LogP contribution < -0.4 is 22.1 Å². The van der Waals surface area contributed by atoms with Gasteiger partial charge in [0.05, 0.1) is 6.04 Å². The van der Waals surface area contributed by atoms with Crippen LogP contribution in [0.5, 0.6) is 0 Å². The van der Waals surface area contributed by atoms with E-state index in [2.05, 4.69) is 10.6 Å². The number of unbranched alkanes of at least 4 members (excludes halogenated alkanes) is 1. The van der Waals surface area contributed by atoms with Crippen LogP contribution in [0.4, 0.5) is 0 Å². The van der Waals surface area contributed by atoms with Gasteiger partial charge >= 0.3 is 11.9 Å². The summed E-state index contributed by atoms with van der Waals surface area (Å²) in [6.07, 6.45) is 0.939. The summed E-state index contributed by atoms with van der Waals surface area (Å²) in [7, 11) is 0. The molecule has 0 aromatic heterocycles. The van der Waals surface area contributed by atoms with E-state index < -0.39 is 41.9 Å². The van der Waals surface area contributed by atoms with Crippen LogP contribution in [-0.2, 0) is 25.6 Å². The van der Waals surface area contributed by atoms with Crippen molar-refractivity contribution in [2.45, 2.75) is 56.7 Å². The van der Waals surface area contributed by atoms with Crippen LogP contribution in [0.1, 0.15) is 37.7 Å². The minimum Gasteiger partial charge on any atom is -0.481 e. The summed E-state index contributed by atoms with van der Waals surface area (Å²) in [6, 6.07) is 5.72. The van der Waals surface area contributed by atoms with Gasteiger partial charge in [0.15, 0.2) is 0 Å². The van der Waals surface area contributed by atoms with Gasteiger partial charge in [-0.25, -0.2) is 4.79 Å². The number of carbonyl (C=O) groups is 4. The molecule has 2 amide bonds. The second-order valence-corrected chi connectivity index (χ2v) is 6.97. The van der Waals surface area contributed by atoms with Crippen LogP contribution in [-0.4, -0.2) is 58.6 Å². The van der Waals surface area contributed by atoms with Crippen molar-refractivity contribution in [3.8, 4) is 0 Å². The third-order valence-corrected chi connectivity index (χ3v) is 4.48. The SMILES string of the molecule is NCCCC[C@H](NC(=O)[C@H](CCC(=O)O)NC(=O)[C@@H](N)Cc1ccccc1)C(=O)O. The topological polar surface area (TPSA) is 185 Å². The lowest BCUT2D eigenvalue weighted by Gasteiger charge is -2.22. The number of benzene rings is 1. The van der Waals surface area contributed by atoms with Gasteiger partial charge in [-0.1, -0.05) is 30.3 Å². The Bertz CT molecular complexity index is 713. The molecule has 30 heavy (non-hydrogen) atoms. The van der Waals surface area contributed by atoms with Crippen LogP contribution in [0.25, 0.3) is 0 Å². The molecule has 0 radical (unpaired) electrons. The van der Waals surface area contributed by atoms with Crippen molar-refractivity contribution < 1.29 is 29.4 Å². The van der Waals surface area contributed by atoms with Crippen molar-refractivity contribution in [2.75, 3.05) is 6.54 Å². The Morgan fingerprint density at radius 3 is 2.10 bits per heavy atom. The van der Waals surface area contributed by atoms with Gasteiger partial charge in [0, 0.05) is 6.42 Å². The molecule has 0 aliphatic rings. The Balaban J connectivity index is 2.77. The minimum atomic E-state index is -1.22. The van der Waals surface area contributed by atoms with Crippen molar-refractivity contribution in [1.82, 2.24) is 10.6 Å². The first-order valence-electron chi connectivity index (χ1n) is 9.79. The molecule has 0 saturated carbocycles. The Kier molecular flexibility index (Phi) is 11.1. The van der Waals surface area contributed by atoms with Gasteiger partial charge in [-0.3, -0.25) is 14.4 Å². The predicted octanol–water partition coefficient (Wildman–Crippen LogP) is -0.396. The highest BCUT2D eigenvalue weighted by Crippen LogP contribution is 2.06. The Morgan fingerprint density at radius 2 is 1.53 bits per heavy atom. The maximum atomic E-state index is 12.6. The standard InChI is InChI=1S/C20H30N4O6/c21-11-5-4-8-16(20(29)30)24-19(28)15(9-10-17(25)26)23-18(27)14(22)12-13-6-2-1-3-7-13/h1-3,6-7,14-16H,4-5,8-12,21-22H2,(H,23,27)(H,24,28)(H,25,26)(H,29,30)/t14-,15-,16-/m0/s1. The smallest absolute Gasteiger partial charge is 0.326 e. The second-order valence-electron chi connectivity index (χ2n) is 6.97. The zero-order valence-electron chi connectivity index (χ0n) is 16.8. The molecule has 0 fully saturated rings. The van der Waals surface area contributed by atoms with E-state index >= 15 is 0 Å². The molecule has 0 aliphatic heterocycles. The van der Waals surface area contributed by atoms with Crippen molar-refractivity contribution in [3.05, 3.63) is 35.9 Å². The summed E-state index contributed by atoms with van der Waals surface area (Å²) in [5.41, 5.74) is 12.1. The zero-order valence-corrected chi connectivity index (χ0v) is 16.8. The number of amides is 2. The second kappa shape index (κ2) is 13.3. The normalized spacial score (nSPS) is 13.7. The largest absolute Gasteiger partial charge is 0.481 e. The van der Waals surface area contributed by atoms with Gasteiger partial charge in [-0.15, -0.1) is 0 Å². The fourth-order valence-electron chi connectivity index (χ4n) is 2.80. The summed E-state index contributed by atoms with van der Waals surface area (Å²) in [5, 5.41) is 23.0. The highest BCUT2D eigenvalue weighted by Gasteiger charge is 2.28. The molecule has 8 N–H and O–H groups in total. The van der Waals surface area contributed by atoms with Crippen LogP contribution in [0.2, 0.25) is 0 Å². The summed E-state index contributed by atoms with van der Waals surface area (Å²) < 4.78 is 0. The van der Waals surface area contributed by atoms with Crippen molar-refractivity contribution >= 4 is 23.8 Å². The molecule has 1 rings (SSSR count). The van der Waals surface area contributed by atoms with Gasteiger partial charge in [0.25, 0.3) is 0 Å². The monoisotopic (exact) mass is 422 g/mol. The number of nitrogens with two attached hydrogens (primary N) is 2. The molecule has 0 unspecified atom stereocenters. The Labute approximate surface area is 175 Å². The number of carboxylic acid groups (broad SMARTS) is 2. The van der Waals surface area contributed by atoms with Crippen LogP contribution in [0.15, 0.2) is 30.3 Å². The van der Waals surface area contributed by atoms with Crippen LogP contribution >= 0.6 is 0 Å². The lowest BCUT2D eigenvalue weighted by Crippen LogP contribution is -2.54. The van der Waals surface area contributed by atoms with E-state index in [9.17, 15) is 24.3 Å². The Morgan fingerprint density at radius 1 is 0.900 bits per heavy atom. The molecule has 1 aromatic rings. The van der Waals surface area contributed by atoms with E-state index in [4.69, 9.17) is 16.6 Å².